The van der Waals surface area contributed by atoms with Gasteiger partial charge >= 0.3 is 5.89 Å². The predicted octanol–water partition coefficient (Wildman–Crippen LogP) is 0.432. The number of halogens is 1. The molecule has 3 heteroatoms. The van der Waals surface area contributed by atoms with Crippen molar-refractivity contribution < 1.29 is 33.0 Å². The molecule has 0 unspecified atom stereocenters. The van der Waals surface area contributed by atoms with Gasteiger partial charge < -0.3 is 28.4 Å². The topological polar surface area (TPSA) is 17.0 Å². The van der Waals surface area contributed by atoms with Crippen LogP contribution in [-0.4, -0.2) is 0 Å². The van der Waals surface area contributed by atoms with E-state index in [1.54, 1.807) is 0 Å². The predicted molar refractivity (Wildman–Crippen MR) is 72.8 cm³/mol. The summed E-state index contributed by atoms with van der Waals surface area (Å²) in [6.45, 7) is 0. The van der Waals surface area contributed by atoms with Crippen LogP contribution in [0, 0.1) is 0 Å². The van der Waals surface area contributed by atoms with Crippen LogP contribution in [0.4, 0.5) is 0 Å². The Kier molecular flexibility index (Phi) is 4.37. The lowest BCUT2D eigenvalue weighted by atomic mass is 10.2. The lowest BCUT2D eigenvalue weighted by Gasteiger charge is -1.88. The van der Waals surface area contributed by atoms with Gasteiger partial charge in [0.2, 0.25) is 5.58 Å². The van der Waals surface area contributed by atoms with E-state index in [1.165, 1.54) is 0 Å². The molecule has 0 N–H and O–H groups in total. The minimum atomic E-state index is 0. The first-order valence-corrected chi connectivity index (χ1v) is 5.95. The molecule has 1 aromatic heterocycles. The Labute approximate surface area is 129 Å². The van der Waals surface area contributed by atoms with E-state index in [-0.39, 0.29) is 24.0 Å². The molecule has 0 aliphatic rings. The molecule has 0 saturated heterocycles. The third-order valence-electron chi connectivity index (χ3n) is 2.99. The van der Waals surface area contributed by atoms with E-state index in [4.69, 9.17) is 4.42 Å². The van der Waals surface area contributed by atoms with Gasteiger partial charge in [-0.25, -0.2) is 0 Å². The number of rotatable bonds is 2. The molecule has 1 heterocycles. The standard InChI is InChI=1S/C16H14NO.HI/c1-17-14-9-5-6-10-15(14)18-16(17)12-11-13-7-3-2-4-8-13;/h2-12H,1H3;1H/q+1;/p-1/b12-11+;. The highest BCUT2D eigenvalue weighted by Gasteiger charge is 2.14. The summed E-state index contributed by atoms with van der Waals surface area (Å²) in [5, 5.41) is 0. The van der Waals surface area contributed by atoms with E-state index in [0.29, 0.717) is 0 Å². The minimum Gasteiger partial charge on any atom is -1.00 e. The maximum absolute atomic E-state index is 5.80. The molecule has 0 amide bonds. The third kappa shape index (κ3) is 2.87. The number of fused-ring (bicyclic) bond motifs is 1. The van der Waals surface area contributed by atoms with Gasteiger partial charge in [0.15, 0.2) is 0 Å². The zero-order valence-corrected chi connectivity index (χ0v) is 12.7. The van der Waals surface area contributed by atoms with Crippen molar-refractivity contribution in [2.24, 2.45) is 7.05 Å². The van der Waals surface area contributed by atoms with Crippen LogP contribution in [0.2, 0.25) is 0 Å². The first-order valence-electron chi connectivity index (χ1n) is 5.95. The Morgan fingerprint density at radius 2 is 1.58 bits per heavy atom. The average Bonchev–Trinajstić information content (AvgIpc) is 2.75. The lowest BCUT2D eigenvalue weighted by Crippen LogP contribution is -3.00. The molecule has 0 atom stereocenters. The van der Waals surface area contributed by atoms with Crippen LogP contribution in [0.15, 0.2) is 59.0 Å². The fourth-order valence-electron chi connectivity index (χ4n) is 2.00. The van der Waals surface area contributed by atoms with E-state index >= 15 is 0 Å². The van der Waals surface area contributed by atoms with E-state index in [1.807, 2.05) is 49.5 Å². The summed E-state index contributed by atoms with van der Waals surface area (Å²) in [6.07, 6.45) is 4.05. The van der Waals surface area contributed by atoms with Gasteiger partial charge in [-0.3, -0.25) is 0 Å². The Morgan fingerprint density at radius 3 is 2.32 bits per heavy atom. The molecule has 0 bridgehead atoms. The maximum Gasteiger partial charge on any atom is 0.373 e. The highest BCUT2D eigenvalue weighted by molar-refractivity contribution is 5.71. The van der Waals surface area contributed by atoms with Crippen molar-refractivity contribution in [3.63, 3.8) is 0 Å². The van der Waals surface area contributed by atoms with E-state index in [0.717, 1.165) is 22.6 Å². The molecule has 19 heavy (non-hydrogen) atoms. The summed E-state index contributed by atoms with van der Waals surface area (Å²) >= 11 is 0. The molecule has 0 radical (unpaired) electrons. The van der Waals surface area contributed by atoms with E-state index in [9.17, 15) is 0 Å². The van der Waals surface area contributed by atoms with Gasteiger partial charge in [-0.1, -0.05) is 42.5 Å². The maximum atomic E-state index is 5.80. The molecule has 0 aliphatic carbocycles. The largest absolute Gasteiger partial charge is 1.00 e. The highest BCUT2D eigenvalue weighted by Crippen LogP contribution is 2.14. The Morgan fingerprint density at radius 1 is 0.895 bits per heavy atom. The van der Waals surface area contributed by atoms with Gasteiger partial charge in [0.1, 0.15) is 7.05 Å². The molecular weight excluding hydrogens is 349 g/mol. The smallest absolute Gasteiger partial charge is 0.373 e. The lowest BCUT2D eigenvalue weighted by molar-refractivity contribution is -0.651. The fraction of sp³-hybridized carbons (Fsp3) is 0.0625. The molecule has 3 rings (SSSR count). The zero-order valence-electron chi connectivity index (χ0n) is 10.6. The number of aromatic nitrogens is 1. The highest BCUT2D eigenvalue weighted by atomic mass is 127. The van der Waals surface area contributed by atoms with Crippen LogP contribution in [0.1, 0.15) is 11.5 Å². The number of hydrogen-bond donors (Lipinski definition) is 0. The van der Waals surface area contributed by atoms with Crippen molar-refractivity contribution in [3.8, 4) is 0 Å². The van der Waals surface area contributed by atoms with Crippen molar-refractivity contribution in [1.82, 2.24) is 0 Å². The fourth-order valence-corrected chi connectivity index (χ4v) is 2.00. The number of nitrogens with zero attached hydrogens (tertiary/aromatic N) is 1. The van der Waals surface area contributed by atoms with Gasteiger partial charge in [0, 0.05) is 6.07 Å². The summed E-state index contributed by atoms with van der Waals surface area (Å²) < 4.78 is 7.85. The van der Waals surface area contributed by atoms with Crippen molar-refractivity contribution in [3.05, 3.63) is 66.1 Å². The number of benzene rings is 2. The van der Waals surface area contributed by atoms with E-state index < -0.39 is 0 Å². The quantitative estimate of drug-likeness (QED) is 0.477. The second-order valence-corrected chi connectivity index (χ2v) is 4.21. The van der Waals surface area contributed by atoms with Crippen molar-refractivity contribution in [1.29, 1.82) is 0 Å². The molecule has 0 fully saturated rings. The number of aryl methyl sites for hydroxylation is 1. The molecule has 0 spiro atoms. The first kappa shape index (κ1) is 13.8. The summed E-state index contributed by atoms with van der Waals surface area (Å²) in [5.41, 5.74) is 3.18. The van der Waals surface area contributed by atoms with Crippen LogP contribution >= 0.6 is 0 Å². The first-order chi connectivity index (χ1) is 8.84. The molecule has 0 aliphatic heterocycles. The average molecular weight is 363 g/mol. The number of hydrogen-bond acceptors (Lipinski definition) is 1. The van der Waals surface area contributed by atoms with Crippen LogP contribution in [0.5, 0.6) is 0 Å². The molecular formula is C16H14INO. The molecule has 3 aromatic rings. The monoisotopic (exact) mass is 363 g/mol. The number of oxazole rings is 1. The van der Waals surface area contributed by atoms with Gasteiger partial charge in [0.25, 0.3) is 5.52 Å². The van der Waals surface area contributed by atoms with Gasteiger partial charge in [0.05, 0.1) is 6.08 Å². The van der Waals surface area contributed by atoms with Gasteiger partial charge in [-0.15, -0.1) is 0 Å². The molecule has 96 valence electrons. The second-order valence-electron chi connectivity index (χ2n) is 4.21. The van der Waals surface area contributed by atoms with Crippen LogP contribution in [0.3, 0.4) is 0 Å². The van der Waals surface area contributed by atoms with Gasteiger partial charge in [-0.05, 0) is 17.7 Å². The van der Waals surface area contributed by atoms with Crippen molar-refractivity contribution in [2.75, 3.05) is 0 Å². The second kappa shape index (κ2) is 6.02. The Balaban J connectivity index is 0.00000133. The molecule has 2 nitrogen and oxygen atoms in total. The summed E-state index contributed by atoms with van der Waals surface area (Å²) in [4.78, 5) is 0. The summed E-state index contributed by atoms with van der Waals surface area (Å²) in [7, 11) is 2.01. The Hall–Kier alpha value is -1.62. The van der Waals surface area contributed by atoms with Crippen molar-refractivity contribution >= 4 is 23.3 Å². The summed E-state index contributed by atoms with van der Waals surface area (Å²) in [6, 6.07) is 18.2. The SMILES string of the molecule is C[n+]1c(/C=C/c2ccccc2)oc2ccccc21.[I-]. The van der Waals surface area contributed by atoms with Crippen LogP contribution in [-0.2, 0) is 7.05 Å². The van der Waals surface area contributed by atoms with Gasteiger partial charge in [-0.2, -0.15) is 4.57 Å². The van der Waals surface area contributed by atoms with Crippen molar-refractivity contribution in [2.45, 2.75) is 0 Å². The van der Waals surface area contributed by atoms with Crippen LogP contribution in [0.25, 0.3) is 23.3 Å². The van der Waals surface area contributed by atoms with E-state index in [2.05, 4.69) is 28.8 Å². The minimum absolute atomic E-state index is 0. The Bertz CT molecular complexity index is 701. The number of para-hydroxylation sites is 2. The zero-order chi connectivity index (χ0) is 12.4. The molecule has 0 saturated carbocycles. The third-order valence-corrected chi connectivity index (χ3v) is 2.99. The van der Waals surface area contributed by atoms with Crippen LogP contribution < -0.4 is 28.5 Å². The normalized spacial score (nSPS) is 10.8. The summed E-state index contributed by atoms with van der Waals surface area (Å²) in [5.74, 6) is 0.847. The molecule has 2 aromatic carbocycles.